The second kappa shape index (κ2) is 7.33. The van der Waals surface area contributed by atoms with Crippen molar-refractivity contribution in [2.75, 3.05) is 5.32 Å². The second-order valence-corrected chi connectivity index (χ2v) is 5.62. The maximum Gasteiger partial charge on any atom is 0.416 e. The van der Waals surface area contributed by atoms with Crippen LogP contribution in [0.15, 0.2) is 42.7 Å². The number of carbonyl (C=O) groups excluding carboxylic acids is 2. The van der Waals surface area contributed by atoms with Gasteiger partial charge in [0.2, 0.25) is 0 Å². The molecule has 0 unspecified atom stereocenters. The Hall–Kier alpha value is -2.90. The third-order valence-electron chi connectivity index (χ3n) is 3.13. The number of aromatic nitrogens is 1. The van der Waals surface area contributed by atoms with Gasteiger partial charge in [-0.3, -0.25) is 14.6 Å². The first-order chi connectivity index (χ1) is 11.7. The van der Waals surface area contributed by atoms with Crippen LogP contribution in [-0.4, -0.2) is 22.8 Å². The molecule has 8 heteroatoms. The summed E-state index contributed by atoms with van der Waals surface area (Å²) in [6.07, 6.45) is -1.97. The summed E-state index contributed by atoms with van der Waals surface area (Å²) in [5, 5.41) is 5.03. The quantitative estimate of drug-likeness (QED) is 0.886. The Kier molecular flexibility index (Phi) is 5.41. The highest BCUT2D eigenvalue weighted by molar-refractivity contribution is 6.05. The summed E-state index contributed by atoms with van der Waals surface area (Å²) in [7, 11) is 0. The van der Waals surface area contributed by atoms with E-state index < -0.39 is 23.6 Å². The van der Waals surface area contributed by atoms with Gasteiger partial charge >= 0.3 is 6.18 Å². The lowest BCUT2D eigenvalue weighted by Gasteiger charge is -2.11. The molecule has 1 aromatic carbocycles. The number of nitrogens with zero attached hydrogens (tertiary/aromatic N) is 1. The molecule has 132 valence electrons. The summed E-state index contributed by atoms with van der Waals surface area (Å²) < 4.78 is 38.1. The van der Waals surface area contributed by atoms with Crippen LogP contribution in [0.5, 0.6) is 0 Å². The van der Waals surface area contributed by atoms with Crippen LogP contribution in [0.4, 0.5) is 18.9 Å². The van der Waals surface area contributed by atoms with Crippen molar-refractivity contribution in [3.05, 3.63) is 59.4 Å². The molecular weight excluding hydrogens is 335 g/mol. The number of alkyl halides is 3. The van der Waals surface area contributed by atoms with E-state index in [0.29, 0.717) is 0 Å². The van der Waals surface area contributed by atoms with Crippen molar-refractivity contribution in [2.45, 2.75) is 26.1 Å². The summed E-state index contributed by atoms with van der Waals surface area (Å²) >= 11 is 0. The highest BCUT2D eigenvalue weighted by Gasteiger charge is 2.30. The highest BCUT2D eigenvalue weighted by Crippen LogP contribution is 2.30. The Morgan fingerprint density at radius 2 is 1.68 bits per heavy atom. The molecule has 0 radical (unpaired) electrons. The van der Waals surface area contributed by atoms with Gasteiger partial charge in [-0.1, -0.05) is 6.07 Å². The van der Waals surface area contributed by atoms with Gasteiger partial charge in [-0.2, -0.15) is 13.2 Å². The number of halogens is 3. The van der Waals surface area contributed by atoms with E-state index in [0.717, 1.165) is 12.1 Å². The first-order valence-electron chi connectivity index (χ1n) is 7.41. The molecule has 0 aliphatic heterocycles. The number of pyridine rings is 1. The second-order valence-electron chi connectivity index (χ2n) is 5.62. The van der Waals surface area contributed by atoms with Gasteiger partial charge in [0.15, 0.2) is 0 Å². The maximum atomic E-state index is 12.7. The Labute approximate surface area is 142 Å². The van der Waals surface area contributed by atoms with E-state index in [1.165, 1.54) is 30.6 Å². The molecule has 2 aromatic rings. The Bertz CT molecular complexity index is 789. The van der Waals surface area contributed by atoms with Gasteiger partial charge in [0.25, 0.3) is 11.8 Å². The van der Waals surface area contributed by atoms with Crippen LogP contribution in [0.25, 0.3) is 0 Å². The Morgan fingerprint density at radius 1 is 1.04 bits per heavy atom. The van der Waals surface area contributed by atoms with Crippen LogP contribution < -0.4 is 10.6 Å². The maximum absolute atomic E-state index is 12.7. The van der Waals surface area contributed by atoms with Crippen molar-refractivity contribution in [1.82, 2.24) is 10.3 Å². The Morgan fingerprint density at radius 3 is 2.28 bits per heavy atom. The smallest absolute Gasteiger partial charge is 0.350 e. The third kappa shape index (κ3) is 5.03. The van der Waals surface area contributed by atoms with E-state index in [1.54, 1.807) is 13.8 Å². The average molecular weight is 351 g/mol. The van der Waals surface area contributed by atoms with Gasteiger partial charge in [0.1, 0.15) is 0 Å². The monoisotopic (exact) mass is 351 g/mol. The largest absolute Gasteiger partial charge is 0.416 e. The molecule has 2 N–H and O–H groups in total. The fraction of sp³-hybridized carbons (Fsp3) is 0.235. The molecule has 25 heavy (non-hydrogen) atoms. The summed E-state index contributed by atoms with van der Waals surface area (Å²) in [5.74, 6) is -1.05. The third-order valence-corrected chi connectivity index (χ3v) is 3.13. The predicted octanol–water partition coefficient (Wildman–Crippen LogP) is 3.49. The van der Waals surface area contributed by atoms with Crippen LogP contribution in [0.2, 0.25) is 0 Å². The standard InChI is InChI=1S/C17H16F3N3O2/c1-10(2)22-15(24)11-6-12(9-21-8-11)16(25)23-14-5-3-4-13(7-14)17(18,19)20/h3-10H,1-2H3,(H,22,24)(H,23,25). The van der Waals surface area contributed by atoms with E-state index in [-0.39, 0.29) is 22.9 Å². The zero-order chi connectivity index (χ0) is 18.6. The van der Waals surface area contributed by atoms with Gasteiger partial charge in [-0.15, -0.1) is 0 Å². The zero-order valence-corrected chi connectivity index (χ0v) is 13.5. The molecule has 0 aliphatic rings. The summed E-state index contributed by atoms with van der Waals surface area (Å²) in [6.45, 7) is 3.57. The van der Waals surface area contributed by atoms with Crippen LogP contribution in [0.3, 0.4) is 0 Å². The molecule has 0 atom stereocenters. The van der Waals surface area contributed by atoms with E-state index in [9.17, 15) is 22.8 Å². The molecule has 0 aliphatic carbocycles. The molecule has 1 aromatic heterocycles. The fourth-order valence-corrected chi connectivity index (χ4v) is 2.01. The highest BCUT2D eigenvalue weighted by atomic mass is 19.4. The van der Waals surface area contributed by atoms with Gasteiger partial charge in [0.05, 0.1) is 16.7 Å². The average Bonchev–Trinajstić information content (AvgIpc) is 2.54. The van der Waals surface area contributed by atoms with Crippen LogP contribution in [0.1, 0.15) is 40.1 Å². The molecule has 0 bridgehead atoms. The minimum Gasteiger partial charge on any atom is -0.350 e. The van der Waals surface area contributed by atoms with Gasteiger partial charge in [-0.25, -0.2) is 0 Å². The van der Waals surface area contributed by atoms with Gasteiger partial charge in [0, 0.05) is 24.1 Å². The molecular formula is C17H16F3N3O2. The van der Waals surface area contributed by atoms with E-state index >= 15 is 0 Å². The van der Waals surface area contributed by atoms with Crippen molar-refractivity contribution >= 4 is 17.5 Å². The molecule has 2 rings (SSSR count). The number of carbonyl (C=O) groups is 2. The van der Waals surface area contributed by atoms with Crippen LogP contribution in [-0.2, 0) is 6.18 Å². The number of amides is 2. The van der Waals surface area contributed by atoms with Crippen LogP contribution >= 0.6 is 0 Å². The van der Waals surface area contributed by atoms with Gasteiger partial charge in [-0.05, 0) is 38.1 Å². The predicted molar refractivity (Wildman–Crippen MR) is 86.2 cm³/mol. The number of benzene rings is 1. The summed E-state index contributed by atoms with van der Waals surface area (Å²) in [5.41, 5.74) is -0.621. The molecule has 5 nitrogen and oxygen atoms in total. The number of hydrogen-bond acceptors (Lipinski definition) is 3. The minimum atomic E-state index is -4.50. The minimum absolute atomic E-state index is 0.00291. The number of nitrogens with one attached hydrogen (secondary N) is 2. The fourth-order valence-electron chi connectivity index (χ4n) is 2.01. The first-order valence-corrected chi connectivity index (χ1v) is 7.41. The van der Waals surface area contributed by atoms with Gasteiger partial charge < -0.3 is 10.6 Å². The lowest BCUT2D eigenvalue weighted by atomic mass is 10.1. The molecule has 0 spiro atoms. The lowest BCUT2D eigenvalue weighted by molar-refractivity contribution is -0.137. The number of hydrogen-bond donors (Lipinski definition) is 2. The van der Waals surface area contributed by atoms with E-state index in [1.807, 2.05) is 0 Å². The van der Waals surface area contributed by atoms with Crippen molar-refractivity contribution in [1.29, 1.82) is 0 Å². The first kappa shape index (κ1) is 18.4. The SMILES string of the molecule is CC(C)NC(=O)c1cncc(C(=O)Nc2cccc(C(F)(F)F)c2)c1. The van der Waals surface area contributed by atoms with Crippen molar-refractivity contribution < 1.29 is 22.8 Å². The molecule has 0 fully saturated rings. The summed E-state index contributed by atoms with van der Waals surface area (Å²) in [6, 6.07) is 5.52. The van der Waals surface area contributed by atoms with Crippen LogP contribution in [0, 0.1) is 0 Å². The topological polar surface area (TPSA) is 71.1 Å². The van der Waals surface area contributed by atoms with E-state index in [4.69, 9.17) is 0 Å². The molecule has 0 saturated carbocycles. The molecule has 0 saturated heterocycles. The molecule has 1 heterocycles. The summed E-state index contributed by atoms with van der Waals surface area (Å²) in [4.78, 5) is 28.0. The molecule has 2 amide bonds. The Balaban J connectivity index is 2.18. The van der Waals surface area contributed by atoms with Crippen molar-refractivity contribution in [3.63, 3.8) is 0 Å². The number of rotatable bonds is 4. The normalized spacial score (nSPS) is 11.3. The zero-order valence-electron chi connectivity index (χ0n) is 13.5. The number of anilines is 1. The van der Waals surface area contributed by atoms with Crippen molar-refractivity contribution in [2.24, 2.45) is 0 Å². The lowest BCUT2D eigenvalue weighted by Crippen LogP contribution is -2.30. The van der Waals surface area contributed by atoms with Crippen molar-refractivity contribution in [3.8, 4) is 0 Å². The van der Waals surface area contributed by atoms with E-state index in [2.05, 4.69) is 15.6 Å².